The second-order valence-corrected chi connectivity index (χ2v) is 8.51. The van der Waals surface area contributed by atoms with E-state index in [1.807, 2.05) is 0 Å². The fraction of sp³-hybridized carbons (Fsp3) is 1.00. The Hall–Kier alpha value is -0.130. The van der Waals surface area contributed by atoms with Crippen LogP contribution in [-0.2, 0) is 14.6 Å². The van der Waals surface area contributed by atoms with Gasteiger partial charge in [0.1, 0.15) is 9.84 Å². The van der Waals surface area contributed by atoms with Crippen LogP contribution >= 0.6 is 0 Å². The minimum Gasteiger partial charge on any atom is -0.377 e. The Bertz CT molecular complexity index is 391. The van der Waals surface area contributed by atoms with Crippen LogP contribution in [0.3, 0.4) is 0 Å². The van der Waals surface area contributed by atoms with Gasteiger partial charge in [0.25, 0.3) is 0 Å². The van der Waals surface area contributed by atoms with Gasteiger partial charge in [0, 0.05) is 30.6 Å². The Morgan fingerprint density at radius 2 is 2.11 bits per heavy atom. The first kappa shape index (κ1) is 15.3. The lowest BCUT2D eigenvalue weighted by Gasteiger charge is -2.34. The van der Waals surface area contributed by atoms with Gasteiger partial charge < -0.3 is 10.1 Å². The van der Waals surface area contributed by atoms with Crippen molar-refractivity contribution < 1.29 is 13.2 Å². The van der Waals surface area contributed by atoms with Gasteiger partial charge in [0.05, 0.1) is 6.10 Å². The highest BCUT2D eigenvalue weighted by Crippen LogP contribution is 2.49. The Kier molecular flexibility index (Phi) is 4.90. The number of sulfone groups is 1. The third-order valence-corrected chi connectivity index (χ3v) is 5.50. The highest BCUT2D eigenvalue weighted by molar-refractivity contribution is 7.90. The largest absolute Gasteiger partial charge is 0.377 e. The molecule has 2 aliphatic rings. The molecule has 0 aromatic carbocycles. The topological polar surface area (TPSA) is 55.4 Å². The van der Waals surface area contributed by atoms with Gasteiger partial charge in [-0.15, -0.1) is 0 Å². The summed E-state index contributed by atoms with van der Waals surface area (Å²) in [4.78, 5) is 0. The fourth-order valence-electron chi connectivity index (χ4n) is 3.35. The number of hydrogen-bond donors (Lipinski definition) is 1. The van der Waals surface area contributed by atoms with Gasteiger partial charge in [-0.1, -0.05) is 6.92 Å². The summed E-state index contributed by atoms with van der Waals surface area (Å²) in [5.41, 5.74) is 0.169. The first-order chi connectivity index (χ1) is 8.97. The number of rotatable bonds is 8. The predicted molar refractivity (Wildman–Crippen MR) is 77.0 cm³/mol. The zero-order valence-corrected chi connectivity index (χ0v) is 13.0. The molecule has 0 bridgehead atoms. The molecule has 0 aromatic rings. The van der Waals surface area contributed by atoms with E-state index in [9.17, 15) is 8.42 Å². The summed E-state index contributed by atoms with van der Waals surface area (Å²) in [6, 6.07) is 0. The molecule has 2 unspecified atom stereocenters. The van der Waals surface area contributed by atoms with Crippen molar-refractivity contribution in [1.29, 1.82) is 0 Å². The average Bonchev–Trinajstić information content (AvgIpc) is 3.08. The standard InChI is InChI=1S/C14H27NO3S/c1-3-15-11-14(7-4-10-19(2,16)17)8-9-18-13(14)12-5-6-12/h12-13,15H,3-11H2,1-2H3. The third-order valence-electron chi connectivity index (χ3n) is 4.47. The van der Waals surface area contributed by atoms with Gasteiger partial charge in [-0.2, -0.15) is 0 Å². The van der Waals surface area contributed by atoms with Gasteiger partial charge in [-0.25, -0.2) is 8.42 Å². The molecular formula is C14H27NO3S. The van der Waals surface area contributed by atoms with Crippen molar-refractivity contribution in [1.82, 2.24) is 5.32 Å². The Morgan fingerprint density at radius 1 is 1.37 bits per heavy atom. The molecule has 5 heteroatoms. The minimum atomic E-state index is -2.85. The van der Waals surface area contributed by atoms with Crippen LogP contribution in [0.2, 0.25) is 0 Å². The molecule has 4 nitrogen and oxygen atoms in total. The molecule has 0 spiro atoms. The molecule has 1 N–H and O–H groups in total. The highest BCUT2D eigenvalue weighted by atomic mass is 32.2. The summed E-state index contributed by atoms with van der Waals surface area (Å²) in [6.45, 7) is 4.89. The average molecular weight is 289 g/mol. The van der Waals surface area contributed by atoms with Crippen molar-refractivity contribution in [3.8, 4) is 0 Å². The van der Waals surface area contributed by atoms with Crippen molar-refractivity contribution in [3.63, 3.8) is 0 Å². The lowest BCUT2D eigenvalue weighted by atomic mass is 9.75. The van der Waals surface area contributed by atoms with Gasteiger partial charge in [0.15, 0.2) is 0 Å². The van der Waals surface area contributed by atoms with E-state index >= 15 is 0 Å². The van der Waals surface area contributed by atoms with Gasteiger partial charge >= 0.3 is 0 Å². The molecule has 2 atom stereocenters. The molecule has 1 saturated carbocycles. The second kappa shape index (κ2) is 6.10. The number of ether oxygens (including phenoxy) is 1. The van der Waals surface area contributed by atoms with Crippen LogP contribution in [0.5, 0.6) is 0 Å². The summed E-state index contributed by atoms with van der Waals surface area (Å²) >= 11 is 0. The van der Waals surface area contributed by atoms with E-state index in [1.165, 1.54) is 19.1 Å². The van der Waals surface area contributed by atoms with Gasteiger partial charge in [-0.3, -0.25) is 0 Å². The van der Waals surface area contributed by atoms with Crippen LogP contribution < -0.4 is 5.32 Å². The molecule has 1 aliphatic carbocycles. The molecule has 112 valence electrons. The molecule has 2 rings (SSSR count). The third kappa shape index (κ3) is 4.17. The van der Waals surface area contributed by atoms with E-state index in [0.29, 0.717) is 11.9 Å². The van der Waals surface area contributed by atoms with E-state index in [1.54, 1.807) is 0 Å². The van der Waals surface area contributed by atoms with E-state index < -0.39 is 9.84 Å². The summed E-state index contributed by atoms with van der Waals surface area (Å²) in [5.74, 6) is 1.03. The molecule has 0 amide bonds. The van der Waals surface area contributed by atoms with E-state index in [4.69, 9.17) is 4.74 Å². The monoisotopic (exact) mass is 289 g/mol. The lowest BCUT2D eigenvalue weighted by molar-refractivity contribution is 0.0265. The first-order valence-electron chi connectivity index (χ1n) is 7.47. The minimum absolute atomic E-state index is 0.169. The summed E-state index contributed by atoms with van der Waals surface area (Å²) in [6.07, 6.45) is 7.05. The van der Waals surface area contributed by atoms with Crippen LogP contribution in [0.4, 0.5) is 0 Å². The molecule has 1 aliphatic heterocycles. The predicted octanol–water partition coefficient (Wildman–Crippen LogP) is 1.61. The molecule has 2 fully saturated rings. The Morgan fingerprint density at radius 3 is 2.68 bits per heavy atom. The van der Waals surface area contributed by atoms with Crippen LogP contribution in [-0.4, -0.2) is 46.2 Å². The molecule has 1 saturated heterocycles. The number of nitrogens with one attached hydrogen (secondary N) is 1. The maximum Gasteiger partial charge on any atom is 0.147 e. The molecular weight excluding hydrogens is 262 g/mol. The van der Waals surface area contributed by atoms with Gasteiger partial charge in [-0.05, 0) is 44.6 Å². The molecule has 0 radical (unpaired) electrons. The maximum absolute atomic E-state index is 11.3. The van der Waals surface area contributed by atoms with E-state index in [2.05, 4.69) is 12.2 Å². The zero-order chi connectivity index (χ0) is 13.9. The Balaban J connectivity index is 1.97. The number of hydrogen-bond acceptors (Lipinski definition) is 4. The SMILES string of the molecule is CCNCC1(CCCS(C)(=O)=O)CCOC1C1CC1. The van der Waals surface area contributed by atoms with E-state index in [0.717, 1.165) is 44.9 Å². The van der Waals surface area contributed by atoms with Crippen LogP contribution in [0.1, 0.15) is 39.0 Å². The molecule has 1 heterocycles. The van der Waals surface area contributed by atoms with Crippen molar-refractivity contribution in [3.05, 3.63) is 0 Å². The quantitative estimate of drug-likeness (QED) is 0.737. The normalized spacial score (nSPS) is 31.8. The summed E-state index contributed by atoms with van der Waals surface area (Å²) < 4.78 is 28.6. The summed E-state index contributed by atoms with van der Waals surface area (Å²) in [7, 11) is -2.85. The maximum atomic E-state index is 11.3. The van der Waals surface area contributed by atoms with Crippen molar-refractivity contribution in [2.75, 3.05) is 31.7 Å². The van der Waals surface area contributed by atoms with Crippen molar-refractivity contribution >= 4 is 9.84 Å². The van der Waals surface area contributed by atoms with Crippen molar-refractivity contribution in [2.24, 2.45) is 11.3 Å². The molecule has 0 aromatic heterocycles. The Labute approximate surface area is 117 Å². The van der Waals surface area contributed by atoms with Crippen molar-refractivity contribution in [2.45, 2.75) is 45.1 Å². The molecule has 19 heavy (non-hydrogen) atoms. The van der Waals surface area contributed by atoms with Gasteiger partial charge in [0.2, 0.25) is 0 Å². The van der Waals surface area contributed by atoms with Crippen LogP contribution in [0, 0.1) is 11.3 Å². The lowest BCUT2D eigenvalue weighted by Crippen LogP contribution is -2.42. The summed E-state index contributed by atoms with van der Waals surface area (Å²) in [5, 5.41) is 3.46. The zero-order valence-electron chi connectivity index (χ0n) is 12.2. The van der Waals surface area contributed by atoms with Crippen LogP contribution in [0.25, 0.3) is 0 Å². The van der Waals surface area contributed by atoms with E-state index in [-0.39, 0.29) is 5.41 Å². The first-order valence-corrected chi connectivity index (χ1v) is 9.53. The fourth-order valence-corrected chi connectivity index (χ4v) is 4.02. The second-order valence-electron chi connectivity index (χ2n) is 6.25. The van der Waals surface area contributed by atoms with Crippen LogP contribution in [0.15, 0.2) is 0 Å². The smallest absolute Gasteiger partial charge is 0.147 e. The highest BCUT2D eigenvalue weighted by Gasteiger charge is 2.50.